The lowest BCUT2D eigenvalue weighted by Gasteiger charge is -1.98. The van der Waals surface area contributed by atoms with Crippen molar-refractivity contribution >= 4 is 17.1 Å². The number of hydrogen-bond donors (Lipinski definition) is 0. The smallest absolute Gasteiger partial charge is 0.212 e. The fourth-order valence-electron chi connectivity index (χ4n) is 1.16. The number of aromatic nitrogens is 1. The van der Waals surface area contributed by atoms with Crippen LogP contribution in [0.3, 0.4) is 0 Å². The number of halogens is 1. The molecule has 0 N–H and O–H groups in total. The highest BCUT2D eigenvalue weighted by Crippen LogP contribution is 2.16. The summed E-state index contributed by atoms with van der Waals surface area (Å²) in [6.45, 7) is 0. The van der Waals surface area contributed by atoms with Crippen molar-refractivity contribution in [2.24, 2.45) is 0 Å². The van der Waals surface area contributed by atoms with Crippen LogP contribution in [-0.4, -0.2) is 10.8 Å². The predicted octanol–water partition coefficient (Wildman–Crippen LogP) is 2.64. The summed E-state index contributed by atoms with van der Waals surface area (Å²) in [5, 5.41) is 1.64. The van der Waals surface area contributed by atoms with Crippen molar-refractivity contribution in [3.05, 3.63) is 46.4 Å². The maximum Gasteiger partial charge on any atom is 0.212 e. The van der Waals surface area contributed by atoms with Gasteiger partial charge in [0.05, 0.1) is 5.51 Å². The van der Waals surface area contributed by atoms with Crippen molar-refractivity contribution in [1.82, 2.24) is 4.98 Å². The van der Waals surface area contributed by atoms with Crippen LogP contribution in [0.15, 0.2) is 35.2 Å². The van der Waals surface area contributed by atoms with E-state index in [2.05, 4.69) is 9.93 Å². The minimum atomic E-state index is -0.241. The second kappa shape index (κ2) is 4.18. The van der Waals surface area contributed by atoms with E-state index in [1.807, 2.05) is 0 Å². The third-order valence-electron chi connectivity index (χ3n) is 1.85. The standard InChI is InChI=1S/C10H6FNO2S/c11-14-8-3-1-2-7(4-8)10(13)9-5-15-6-12-9/h1-6H. The molecule has 0 aliphatic heterocycles. The molecule has 2 aromatic rings. The van der Waals surface area contributed by atoms with Crippen molar-refractivity contribution < 1.29 is 14.3 Å². The fraction of sp³-hybridized carbons (Fsp3) is 0. The number of thiazole rings is 1. The zero-order chi connectivity index (χ0) is 10.7. The van der Waals surface area contributed by atoms with Gasteiger partial charge < -0.3 is 0 Å². The van der Waals surface area contributed by atoms with E-state index in [1.54, 1.807) is 23.0 Å². The van der Waals surface area contributed by atoms with Gasteiger partial charge in [0, 0.05) is 15.5 Å². The number of carbonyl (C=O) groups excluding carboxylic acids is 1. The zero-order valence-electron chi connectivity index (χ0n) is 7.51. The molecule has 0 fully saturated rings. The monoisotopic (exact) mass is 223 g/mol. The van der Waals surface area contributed by atoms with Gasteiger partial charge in [-0.05, 0) is 12.1 Å². The molecule has 0 aliphatic carbocycles. The Morgan fingerprint density at radius 3 is 3.00 bits per heavy atom. The highest BCUT2D eigenvalue weighted by molar-refractivity contribution is 7.07. The van der Waals surface area contributed by atoms with Gasteiger partial charge >= 0.3 is 0 Å². The molecule has 0 atom stereocenters. The molecule has 0 spiro atoms. The van der Waals surface area contributed by atoms with E-state index in [0.29, 0.717) is 11.3 Å². The summed E-state index contributed by atoms with van der Waals surface area (Å²) in [7, 11) is 0. The molecule has 0 saturated carbocycles. The van der Waals surface area contributed by atoms with E-state index in [9.17, 15) is 9.32 Å². The maximum atomic E-state index is 11.9. The van der Waals surface area contributed by atoms with Crippen molar-refractivity contribution in [3.63, 3.8) is 0 Å². The number of rotatable bonds is 3. The summed E-state index contributed by atoms with van der Waals surface area (Å²) in [4.78, 5) is 19.2. The molecule has 1 heterocycles. The van der Waals surface area contributed by atoms with E-state index in [-0.39, 0.29) is 11.5 Å². The van der Waals surface area contributed by atoms with E-state index in [4.69, 9.17) is 0 Å². The third-order valence-corrected chi connectivity index (χ3v) is 2.44. The lowest BCUT2D eigenvalue weighted by atomic mass is 10.1. The Morgan fingerprint density at radius 2 is 2.33 bits per heavy atom. The number of benzene rings is 1. The lowest BCUT2D eigenvalue weighted by molar-refractivity contribution is -0.00626. The Hall–Kier alpha value is -1.75. The van der Waals surface area contributed by atoms with Crippen molar-refractivity contribution in [2.75, 3.05) is 0 Å². The predicted molar refractivity (Wildman–Crippen MR) is 53.7 cm³/mol. The van der Waals surface area contributed by atoms with Gasteiger partial charge in [0.2, 0.25) is 5.78 Å². The molecule has 5 heteroatoms. The second-order valence-electron chi connectivity index (χ2n) is 2.81. The molecule has 0 amide bonds. The minimum Gasteiger partial charge on any atom is -0.294 e. The summed E-state index contributed by atoms with van der Waals surface area (Å²) >= 11 is 1.34. The van der Waals surface area contributed by atoms with Crippen LogP contribution in [0.25, 0.3) is 0 Å². The van der Waals surface area contributed by atoms with Crippen LogP contribution >= 0.6 is 11.3 Å². The van der Waals surface area contributed by atoms with Crippen LogP contribution in [0, 0.1) is 0 Å². The summed E-state index contributed by atoms with van der Waals surface area (Å²) in [5.41, 5.74) is 2.29. The summed E-state index contributed by atoms with van der Waals surface area (Å²) in [6, 6.07) is 5.90. The molecule has 76 valence electrons. The van der Waals surface area contributed by atoms with E-state index in [0.717, 1.165) is 0 Å². The molecule has 0 unspecified atom stereocenters. The van der Waals surface area contributed by atoms with Crippen LogP contribution in [-0.2, 0) is 0 Å². The second-order valence-corrected chi connectivity index (χ2v) is 3.53. The highest BCUT2D eigenvalue weighted by Gasteiger charge is 2.11. The first-order valence-electron chi connectivity index (χ1n) is 4.13. The van der Waals surface area contributed by atoms with Crippen molar-refractivity contribution in [3.8, 4) is 5.75 Å². The lowest BCUT2D eigenvalue weighted by Crippen LogP contribution is -2.01. The number of carbonyl (C=O) groups is 1. The number of ketones is 1. The van der Waals surface area contributed by atoms with Crippen LogP contribution in [0.4, 0.5) is 4.53 Å². The molecule has 0 radical (unpaired) electrons. The minimum absolute atomic E-state index is 0.0103. The van der Waals surface area contributed by atoms with E-state index in [1.165, 1.54) is 23.5 Å². The van der Waals surface area contributed by atoms with E-state index >= 15 is 0 Å². The van der Waals surface area contributed by atoms with Gasteiger partial charge in [0.25, 0.3) is 0 Å². The van der Waals surface area contributed by atoms with Crippen LogP contribution in [0.2, 0.25) is 0 Å². The normalized spacial score (nSPS) is 9.93. The molecule has 0 aliphatic rings. The first kappa shape index (κ1) is 9.79. The highest BCUT2D eigenvalue weighted by atomic mass is 32.1. The largest absolute Gasteiger partial charge is 0.294 e. The topological polar surface area (TPSA) is 39.2 Å². The van der Waals surface area contributed by atoms with Gasteiger partial charge in [-0.15, -0.1) is 11.3 Å². The molecule has 2 rings (SSSR count). The quantitative estimate of drug-likeness (QED) is 0.751. The first-order chi connectivity index (χ1) is 7.31. The van der Waals surface area contributed by atoms with Crippen molar-refractivity contribution in [1.29, 1.82) is 0 Å². The van der Waals surface area contributed by atoms with Gasteiger partial charge in [-0.3, -0.25) is 9.74 Å². The van der Waals surface area contributed by atoms with Gasteiger partial charge in [-0.25, -0.2) is 4.98 Å². The zero-order valence-corrected chi connectivity index (χ0v) is 8.33. The summed E-state index contributed by atoms with van der Waals surface area (Å²) in [5.74, 6) is -0.230. The molecule has 1 aromatic heterocycles. The Balaban J connectivity index is 2.34. The Morgan fingerprint density at radius 1 is 1.47 bits per heavy atom. The average molecular weight is 223 g/mol. The van der Waals surface area contributed by atoms with Crippen LogP contribution in [0.5, 0.6) is 5.75 Å². The third kappa shape index (κ3) is 2.02. The molecule has 1 aromatic carbocycles. The molecular formula is C10H6FNO2S. The van der Waals surface area contributed by atoms with Crippen LogP contribution in [0.1, 0.15) is 16.1 Å². The summed E-state index contributed by atoms with van der Waals surface area (Å²) < 4.78 is 11.9. The molecule has 0 saturated heterocycles. The summed E-state index contributed by atoms with van der Waals surface area (Å²) in [6.07, 6.45) is 0. The van der Waals surface area contributed by atoms with E-state index < -0.39 is 0 Å². The van der Waals surface area contributed by atoms with Gasteiger partial charge in [0.15, 0.2) is 5.75 Å². The number of nitrogens with zero attached hydrogens (tertiary/aromatic N) is 1. The molecule has 3 nitrogen and oxygen atoms in total. The Kier molecular flexibility index (Phi) is 2.73. The molecular weight excluding hydrogens is 217 g/mol. The Labute approximate surface area is 89.1 Å². The van der Waals surface area contributed by atoms with Gasteiger partial charge in [0.1, 0.15) is 5.69 Å². The van der Waals surface area contributed by atoms with Gasteiger partial charge in [-0.1, -0.05) is 12.1 Å². The first-order valence-corrected chi connectivity index (χ1v) is 5.07. The Bertz CT molecular complexity index is 470. The van der Waals surface area contributed by atoms with Gasteiger partial charge in [-0.2, -0.15) is 0 Å². The fourth-order valence-corrected chi connectivity index (χ4v) is 1.69. The van der Waals surface area contributed by atoms with Crippen LogP contribution < -0.4 is 4.94 Å². The molecule has 0 bridgehead atoms. The maximum absolute atomic E-state index is 11.9. The van der Waals surface area contributed by atoms with Crippen molar-refractivity contribution in [2.45, 2.75) is 0 Å². The molecule has 15 heavy (non-hydrogen) atoms. The average Bonchev–Trinajstić information content (AvgIpc) is 2.81. The SMILES string of the molecule is O=C(c1cccc(OF)c1)c1cscn1. The number of hydrogen-bond acceptors (Lipinski definition) is 4.